The van der Waals surface area contributed by atoms with E-state index in [0.29, 0.717) is 44.8 Å². The highest BCUT2D eigenvalue weighted by Gasteiger charge is 2.23. The van der Waals surface area contributed by atoms with E-state index in [0.717, 1.165) is 16.6 Å². The van der Waals surface area contributed by atoms with Crippen LogP contribution in [0.25, 0.3) is 0 Å². The van der Waals surface area contributed by atoms with Crippen LogP contribution in [-0.2, 0) is 4.79 Å². The molecule has 0 aliphatic carbocycles. The lowest BCUT2D eigenvalue weighted by Crippen LogP contribution is -2.37. The summed E-state index contributed by atoms with van der Waals surface area (Å²) in [5, 5.41) is 0. The number of halogens is 1. The maximum atomic E-state index is 12.8. The third kappa shape index (κ3) is 5.32. The standard InChI is InChI=1S/C21H23BrN2O3/c22-19-10-5-4-9-18(19)21(26)24-13-6-12-23(14-15-24)20(25)11-16-27-17-7-2-1-3-8-17/h1-5,7-10H,6,11-16H2. The van der Waals surface area contributed by atoms with E-state index in [1.165, 1.54) is 0 Å². The molecule has 1 saturated heterocycles. The zero-order valence-corrected chi connectivity index (χ0v) is 16.7. The van der Waals surface area contributed by atoms with Gasteiger partial charge in [0.1, 0.15) is 5.75 Å². The number of hydrogen-bond donors (Lipinski definition) is 0. The number of para-hydroxylation sites is 1. The van der Waals surface area contributed by atoms with Crippen molar-refractivity contribution in [3.63, 3.8) is 0 Å². The second kappa shape index (κ2) is 9.55. The van der Waals surface area contributed by atoms with Crippen molar-refractivity contribution < 1.29 is 14.3 Å². The van der Waals surface area contributed by atoms with Crippen molar-refractivity contribution in [2.75, 3.05) is 32.8 Å². The maximum absolute atomic E-state index is 12.8. The zero-order valence-electron chi connectivity index (χ0n) is 15.1. The Morgan fingerprint density at radius 2 is 1.56 bits per heavy atom. The van der Waals surface area contributed by atoms with E-state index >= 15 is 0 Å². The summed E-state index contributed by atoms with van der Waals surface area (Å²) in [6.45, 7) is 2.79. The molecule has 0 spiro atoms. The Kier molecular flexibility index (Phi) is 6.87. The minimum absolute atomic E-state index is 0.00387. The number of carbonyl (C=O) groups is 2. The van der Waals surface area contributed by atoms with Gasteiger partial charge in [-0.05, 0) is 46.6 Å². The van der Waals surface area contributed by atoms with Crippen molar-refractivity contribution in [1.82, 2.24) is 9.80 Å². The van der Waals surface area contributed by atoms with Crippen LogP contribution >= 0.6 is 15.9 Å². The molecule has 1 aliphatic rings. The number of benzene rings is 2. The summed E-state index contributed by atoms with van der Waals surface area (Å²) in [6.07, 6.45) is 1.12. The van der Waals surface area contributed by atoms with Crippen LogP contribution in [0, 0.1) is 0 Å². The molecule has 0 N–H and O–H groups in total. The fourth-order valence-corrected chi connectivity index (χ4v) is 3.56. The van der Waals surface area contributed by atoms with Gasteiger partial charge in [0.25, 0.3) is 5.91 Å². The molecule has 0 unspecified atom stereocenters. The zero-order chi connectivity index (χ0) is 19.1. The van der Waals surface area contributed by atoms with Crippen LogP contribution < -0.4 is 4.74 Å². The van der Waals surface area contributed by atoms with Crippen LogP contribution in [0.5, 0.6) is 5.75 Å². The minimum Gasteiger partial charge on any atom is -0.493 e. The van der Waals surface area contributed by atoms with E-state index in [4.69, 9.17) is 4.74 Å². The van der Waals surface area contributed by atoms with Crippen molar-refractivity contribution >= 4 is 27.7 Å². The molecule has 2 amide bonds. The second-order valence-electron chi connectivity index (χ2n) is 6.42. The summed E-state index contributed by atoms with van der Waals surface area (Å²) in [5.41, 5.74) is 0.661. The molecule has 2 aromatic carbocycles. The Bertz CT molecular complexity index is 782. The molecule has 3 rings (SSSR count). The van der Waals surface area contributed by atoms with Gasteiger partial charge in [0.2, 0.25) is 5.91 Å². The van der Waals surface area contributed by atoms with Crippen molar-refractivity contribution in [3.8, 4) is 5.75 Å². The lowest BCUT2D eigenvalue weighted by Gasteiger charge is -2.22. The van der Waals surface area contributed by atoms with E-state index < -0.39 is 0 Å². The van der Waals surface area contributed by atoms with Gasteiger partial charge in [-0.3, -0.25) is 9.59 Å². The first-order chi connectivity index (χ1) is 13.1. The van der Waals surface area contributed by atoms with E-state index in [2.05, 4.69) is 15.9 Å². The van der Waals surface area contributed by atoms with Gasteiger partial charge in [-0.15, -0.1) is 0 Å². The largest absolute Gasteiger partial charge is 0.493 e. The van der Waals surface area contributed by atoms with Gasteiger partial charge in [0, 0.05) is 30.7 Å². The molecule has 5 nitrogen and oxygen atoms in total. The predicted octanol–water partition coefficient (Wildman–Crippen LogP) is 3.59. The Hall–Kier alpha value is -2.34. The molecule has 0 radical (unpaired) electrons. The Balaban J connectivity index is 1.49. The fraction of sp³-hybridized carbons (Fsp3) is 0.333. The highest BCUT2D eigenvalue weighted by atomic mass is 79.9. The van der Waals surface area contributed by atoms with Gasteiger partial charge in [-0.2, -0.15) is 0 Å². The monoisotopic (exact) mass is 430 g/mol. The Morgan fingerprint density at radius 3 is 2.33 bits per heavy atom. The van der Waals surface area contributed by atoms with Gasteiger partial charge in [0.05, 0.1) is 18.6 Å². The number of carbonyl (C=O) groups excluding carboxylic acids is 2. The summed E-state index contributed by atoms with van der Waals surface area (Å²) in [4.78, 5) is 28.9. The van der Waals surface area contributed by atoms with Gasteiger partial charge in [-0.1, -0.05) is 30.3 Å². The van der Waals surface area contributed by atoms with E-state index in [1.807, 2.05) is 64.4 Å². The minimum atomic E-state index is 0.00387. The fourth-order valence-electron chi connectivity index (χ4n) is 3.11. The summed E-state index contributed by atoms with van der Waals surface area (Å²) in [7, 11) is 0. The van der Waals surface area contributed by atoms with E-state index in [9.17, 15) is 9.59 Å². The number of nitrogens with zero attached hydrogens (tertiary/aromatic N) is 2. The molecule has 0 saturated carbocycles. The third-order valence-corrected chi connectivity index (χ3v) is 5.26. The summed E-state index contributed by atoms with van der Waals surface area (Å²) in [5.74, 6) is 0.844. The average Bonchev–Trinajstić information content (AvgIpc) is 2.95. The van der Waals surface area contributed by atoms with Crippen molar-refractivity contribution in [2.24, 2.45) is 0 Å². The van der Waals surface area contributed by atoms with Crippen LogP contribution in [0.2, 0.25) is 0 Å². The maximum Gasteiger partial charge on any atom is 0.255 e. The van der Waals surface area contributed by atoms with Crippen molar-refractivity contribution in [2.45, 2.75) is 12.8 Å². The SMILES string of the molecule is O=C(CCOc1ccccc1)N1CCCN(C(=O)c2ccccc2Br)CC1. The normalized spacial score (nSPS) is 14.6. The number of ether oxygens (including phenoxy) is 1. The molecule has 0 bridgehead atoms. The van der Waals surface area contributed by atoms with E-state index in [1.54, 1.807) is 0 Å². The molecular formula is C21H23BrN2O3. The van der Waals surface area contributed by atoms with Gasteiger partial charge < -0.3 is 14.5 Å². The first kappa shape index (κ1) is 19.4. The molecule has 2 aromatic rings. The van der Waals surface area contributed by atoms with Crippen LogP contribution in [-0.4, -0.2) is 54.4 Å². The molecule has 1 aliphatic heterocycles. The molecule has 27 heavy (non-hydrogen) atoms. The predicted molar refractivity (Wildman–Crippen MR) is 108 cm³/mol. The molecule has 142 valence electrons. The van der Waals surface area contributed by atoms with Crippen molar-refractivity contribution in [3.05, 3.63) is 64.6 Å². The molecule has 0 atom stereocenters. The average molecular weight is 431 g/mol. The van der Waals surface area contributed by atoms with Crippen LogP contribution in [0.3, 0.4) is 0 Å². The van der Waals surface area contributed by atoms with Gasteiger partial charge in [0.15, 0.2) is 0 Å². The Morgan fingerprint density at radius 1 is 0.889 bits per heavy atom. The highest BCUT2D eigenvalue weighted by molar-refractivity contribution is 9.10. The van der Waals surface area contributed by atoms with Crippen LogP contribution in [0.15, 0.2) is 59.1 Å². The summed E-state index contributed by atoms with van der Waals surface area (Å²) in [6, 6.07) is 16.9. The second-order valence-corrected chi connectivity index (χ2v) is 7.27. The molecule has 6 heteroatoms. The first-order valence-corrected chi connectivity index (χ1v) is 9.94. The Labute approximate surface area is 168 Å². The summed E-state index contributed by atoms with van der Waals surface area (Å²) >= 11 is 3.44. The van der Waals surface area contributed by atoms with Gasteiger partial charge >= 0.3 is 0 Å². The number of amides is 2. The molecular weight excluding hydrogens is 408 g/mol. The third-order valence-electron chi connectivity index (χ3n) is 4.57. The molecule has 1 fully saturated rings. The lowest BCUT2D eigenvalue weighted by molar-refractivity contribution is -0.131. The van der Waals surface area contributed by atoms with Crippen LogP contribution in [0.1, 0.15) is 23.2 Å². The number of hydrogen-bond acceptors (Lipinski definition) is 3. The highest BCUT2D eigenvalue weighted by Crippen LogP contribution is 2.19. The van der Waals surface area contributed by atoms with Crippen molar-refractivity contribution in [1.29, 1.82) is 0 Å². The quantitative estimate of drug-likeness (QED) is 0.727. The summed E-state index contributed by atoms with van der Waals surface area (Å²) < 4.78 is 6.41. The number of rotatable bonds is 5. The smallest absolute Gasteiger partial charge is 0.255 e. The molecule has 0 aromatic heterocycles. The molecule has 1 heterocycles. The first-order valence-electron chi connectivity index (χ1n) is 9.14. The topological polar surface area (TPSA) is 49.9 Å². The van der Waals surface area contributed by atoms with E-state index in [-0.39, 0.29) is 11.8 Å². The van der Waals surface area contributed by atoms with Crippen LogP contribution in [0.4, 0.5) is 0 Å². The van der Waals surface area contributed by atoms with Gasteiger partial charge in [-0.25, -0.2) is 0 Å². The lowest BCUT2D eigenvalue weighted by atomic mass is 10.2.